The van der Waals surface area contributed by atoms with Crippen LogP contribution in [0.25, 0.3) is 0 Å². The third kappa shape index (κ3) is 2.58. The molecule has 2 heterocycles. The molecular formula is C11H20N4. The maximum absolute atomic E-state index is 5.53. The van der Waals surface area contributed by atoms with Crippen molar-refractivity contribution in [2.45, 2.75) is 25.3 Å². The third-order valence-electron chi connectivity index (χ3n) is 3.06. The van der Waals surface area contributed by atoms with E-state index in [9.17, 15) is 0 Å². The van der Waals surface area contributed by atoms with Gasteiger partial charge in [0.25, 0.3) is 0 Å². The van der Waals surface area contributed by atoms with Gasteiger partial charge in [0.05, 0.1) is 12.2 Å². The first-order valence-electron chi connectivity index (χ1n) is 5.71. The SMILES string of the molecule is CN1CCCC(n2cc(CCN)cn2)C1. The minimum Gasteiger partial charge on any atom is -0.330 e. The minimum absolute atomic E-state index is 0.551. The lowest BCUT2D eigenvalue weighted by atomic mass is 10.1. The average molecular weight is 208 g/mol. The number of hydrogen-bond acceptors (Lipinski definition) is 3. The van der Waals surface area contributed by atoms with Gasteiger partial charge in [-0.2, -0.15) is 5.10 Å². The molecule has 1 aromatic heterocycles. The van der Waals surface area contributed by atoms with Gasteiger partial charge in [0, 0.05) is 12.7 Å². The minimum atomic E-state index is 0.551. The van der Waals surface area contributed by atoms with Crippen molar-refractivity contribution in [1.29, 1.82) is 0 Å². The molecule has 1 unspecified atom stereocenters. The van der Waals surface area contributed by atoms with Crippen molar-refractivity contribution in [3.63, 3.8) is 0 Å². The summed E-state index contributed by atoms with van der Waals surface area (Å²) in [5.74, 6) is 0. The van der Waals surface area contributed by atoms with E-state index in [0.29, 0.717) is 12.6 Å². The average Bonchev–Trinajstić information content (AvgIpc) is 2.67. The molecule has 1 aliphatic rings. The lowest BCUT2D eigenvalue weighted by Gasteiger charge is -2.29. The van der Waals surface area contributed by atoms with Gasteiger partial charge in [0.2, 0.25) is 0 Å². The molecule has 1 aromatic rings. The van der Waals surface area contributed by atoms with Crippen LogP contribution in [0.3, 0.4) is 0 Å². The molecule has 1 aliphatic heterocycles. The van der Waals surface area contributed by atoms with Gasteiger partial charge in [-0.15, -0.1) is 0 Å². The number of nitrogens with zero attached hydrogens (tertiary/aromatic N) is 3. The van der Waals surface area contributed by atoms with Crippen LogP contribution in [0.2, 0.25) is 0 Å². The first-order valence-corrected chi connectivity index (χ1v) is 5.71. The first-order chi connectivity index (χ1) is 7.29. The van der Waals surface area contributed by atoms with Crippen molar-refractivity contribution < 1.29 is 0 Å². The Labute approximate surface area is 91.1 Å². The second-order valence-electron chi connectivity index (χ2n) is 4.43. The van der Waals surface area contributed by atoms with E-state index in [-0.39, 0.29) is 0 Å². The van der Waals surface area contributed by atoms with Crippen LogP contribution in [-0.2, 0) is 6.42 Å². The lowest BCUT2D eigenvalue weighted by molar-refractivity contribution is 0.202. The van der Waals surface area contributed by atoms with E-state index in [1.807, 2.05) is 6.20 Å². The number of hydrogen-bond donors (Lipinski definition) is 1. The molecule has 1 atom stereocenters. The zero-order chi connectivity index (χ0) is 10.7. The van der Waals surface area contributed by atoms with E-state index in [1.165, 1.54) is 24.9 Å². The second kappa shape index (κ2) is 4.77. The molecule has 0 amide bonds. The van der Waals surface area contributed by atoms with Gasteiger partial charge >= 0.3 is 0 Å². The molecule has 4 heteroatoms. The molecule has 0 aromatic carbocycles. The monoisotopic (exact) mass is 208 g/mol. The van der Waals surface area contributed by atoms with Gasteiger partial charge in [0.15, 0.2) is 0 Å². The molecule has 84 valence electrons. The number of piperidine rings is 1. The summed E-state index contributed by atoms with van der Waals surface area (Å²) in [6, 6.07) is 0.551. The van der Waals surface area contributed by atoms with E-state index in [4.69, 9.17) is 5.73 Å². The summed E-state index contributed by atoms with van der Waals surface area (Å²) in [4.78, 5) is 2.37. The van der Waals surface area contributed by atoms with Crippen molar-refractivity contribution in [2.24, 2.45) is 5.73 Å². The number of rotatable bonds is 3. The molecule has 0 spiro atoms. The van der Waals surface area contributed by atoms with Crippen molar-refractivity contribution >= 4 is 0 Å². The Morgan fingerprint density at radius 2 is 2.47 bits per heavy atom. The molecule has 0 aliphatic carbocycles. The molecule has 15 heavy (non-hydrogen) atoms. The van der Waals surface area contributed by atoms with Gasteiger partial charge in [-0.05, 0) is 45.0 Å². The Morgan fingerprint density at radius 3 is 3.20 bits per heavy atom. The van der Waals surface area contributed by atoms with E-state index >= 15 is 0 Å². The Balaban J connectivity index is 2.01. The van der Waals surface area contributed by atoms with Crippen LogP contribution < -0.4 is 5.73 Å². The molecule has 1 saturated heterocycles. The summed E-state index contributed by atoms with van der Waals surface area (Å²) < 4.78 is 2.11. The fourth-order valence-corrected chi connectivity index (χ4v) is 2.23. The maximum Gasteiger partial charge on any atom is 0.0646 e. The summed E-state index contributed by atoms with van der Waals surface area (Å²) in [5.41, 5.74) is 6.78. The normalized spacial score (nSPS) is 23.2. The Kier molecular flexibility index (Phi) is 3.38. The third-order valence-corrected chi connectivity index (χ3v) is 3.06. The summed E-state index contributed by atoms with van der Waals surface area (Å²) in [6.07, 6.45) is 7.54. The number of aromatic nitrogens is 2. The highest BCUT2D eigenvalue weighted by molar-refractivity contribution is 5.05. The van der Waals surface area contributed by atoms with Crippen LogP contribution in [0.5, 0.6) is 0 Å². The topological polar surface area (TPSA) is 47.1 Å². The molecular weight excluding hydrogens is 188 g/mol. The van der Waals surface area contributed by atoms with E-state index < -0.39 is 0 Å². The quantitative estimate of drug-likeness (QED) is 0.793. The van der Waals surface area contributed by atoms with Crippen LogP contribution in [0.15, 0.2) is 12.4 Å². The predicted octanol–water partition coefficient (Wildman–Crippen LogP) is 0.651. The largest absolute Gasteiger partial charge is 0.330 e. The Hall–Kier alpha value is -0.870. The van der Waals surface area contributed by atoms with Crippen molar-refractivity contribution in [3.8, 4) is 0 Å². The van der Waals surface area contributed by atoms with Gasteiger partial charge in [-0.3, -0.25) is 4.68 Å². The van der Waals surface area contributed by atoms with Crippen LogP contribution in [0.1, 0.15) is 24.4 Å². The molecule has 0 bridgehead atoms. The zero-order valence-corrected chi connectivity index (χ0v) is 9.39. The van der Waals surface area contributed by atoms with Gasteiger partial charge in [-0.25, -0.2) is 0 Å². The maximum atomic E-state index is 5.53. The standard InChI is InChI=1S/C11H20N4/c1-14-6-2-3-11(9-14)15-8-10(4-5-12)7-13-15/h7-8,11H,2-6,9,12H2,1H3. The van der Waals surface area contributed by atoms with Gasteiger partial charge < -0.3 is 10.6 Å². The summed E-state index contributed by atoms with van der Waals surface area (Å²) in [7, 11) is 2.18. The Morgan fingerprint density at radius 1 is 1.60 bits per heavy atom. The molecule has 0 radical (unpaired) electrons. The van der Waals surface area contributed by atoms with E-state index in [2.05, 4.69) is 27.9 Å². The molecule has 4 nitrogen and oxygen atoms in total. The molecule has 2 N–H and O–H groups in total. The second-order valence-corrected chi connectivity index (χ2v) is 4.43. The smallest absolute Gasteiger partial charge is 0.0646 e. The molecule has 2 rings (SSSR count). The lowest BCUT2D eigenvalue weighted by Crippen LogP contribution is -2.33. The fraction of sp³-hybridized carbons (Fsp3) is 0.727. The zero-order valence-electron chi connectivity index (χ0n) is 9.39. The Bertz CT molecular complexity index is 307. The van der Waals surface area contributed by atoms with E-state index in [0.717, 1.165) is 13.0 Å². The fourth-order valence-electron chi connectivity index (χ4n) is 2.23. The van der Waals surface area contributed by atoms with Crippen LogP contribution in [-0.4, -0.2) is 41.4 Å². The highest BCUT2D eigenvalue weighted by atomic mass is 15.3. The van der Waals surface area contributed by atoms with Crippen LogP contribution in [0, 0.1) is 0 Å². The van der Waals surface area contributed by atoms with Crippen LogP contribution >= 0.6 is 0 Å². The number of nitrogens with two attached hydrogens (primary N) is 1. The van der Waals surface area contributed by atoms with Gasteiger partial charge in [0.1, 0.15) is 0 Å². The van der Waals surface area contributed by atoms with Crippen molar-refractivity contribution in [2.75, 3.05) is 26.7 Å². The van der Waals surface area contributed by atoms with Crippen molar-refractivity contribution in [3.05, 3.63) is 18.0 Å². The number of likely N-dealkylation sites (N-methyl/N-ethyl adjacent to an activating group) is 1. The molecule has 1 fully saturated rings. The van der Waals surface area contributed by atoms with Gasteiger partial charge in [-0.1, -0.05) is 0 Å². The summed E-state index contributed by atoms with van der Waals surface area (Å²) in [6.45, 7) is 3.04. The highest BCUT2D eigenvalue weighted by Gasteiger charge is 2.19. The van der Waals surface area contributed by atoms with Crippen molar-refractivity contribution in [1.82, 2.24) is 14.7 Å². The van der Waals surface area contributed by atoms with E-state index in [1.54, 1.807) is 0 Å². The molecule has 0 saturated carbocycles. The summed E-state index contributed by atoms with van der Waals surface area (Å²) >= 11 is 0. The van der Waals surface area contributed by atoms with Crippen LogP contribution in [0.4, 0.5) is 0 Å². The number of likely N-dealkylation sites (tertiary alicyclic amines) is 1. The first kappa shape index (κ1) is 10.6. The summed E-state index contributed by atoms with van der Waals surface area (Å²) in [5, 5.41) is 4.43. The highest BCUT2D eigenvalue weighted by Crippen LogP contribution is 2.19. The predicted molar refractivity (Wildman–Crippen MR) is 60.8 cm³/mol.